The molecule has 0 saturated heterocycles. The first-order valence-electron chi connectivity index (χ1n) is 9.84. The molecular formula is C20H35NO3. The highest BCUT2D eigenvalue weighted by atomic mass is 16.5. The van der Waals surface area contributed by atoms with E-state index in [2.05, 4.69) is 0 Å². The van der Waals surface area contributed by atoms with Gasteiger partial charge in [-0.3, -0.25) is 9.59 Å². The van der Waals surface area contributed by atoms with Gasteiger partial charge < -0.3 is 10.1 Å². The second kappa shape index (κ2) is 12.2. The fourth-order valence-corrected chi connectivity index (χ4v) is 3.59. The fourth-order valence-electron chi connectivity index (χ4n) is 3.59. The largest absolute Gasteiger partial charge is 0.466 e. The fraction of sp³-hybridized carbons (Fsp3) is 0.850. The zero-order valence-corrected chi connectivity index (χ0v) is 15.6. The summed E-state index contributed by atoms with van der Waals surface area (Å²) in [5.41, 5.74) is 0.374. The molecule has 0 amide bonds. The zero-order chi connectivity index (χ0) is 17.8. The van der Waals surface area contributed by atoms with E-state index >= 15 is 0 Å². The molecule has 0 aliphatic heterocycles. The highest BCUT2D eigenvalue weighted by Crippen LogP contribution is 2.27. The van der Waals surface area contributed by atoms with Crippen LogP contribution >= 0.6 is 0 Å². The van der Waals surface area contributed by atoms with Crippen LogP contribution in [0.15, 0.2) is 0 Å². The van der Waals surface area contributed by atoms with Gasteiger partial charge in [0.25, 0.3) is 0 Å². The predicted molar refractivity (Wildman–Crippen MR) is 97.4 cm³/mol. The Morgan fingerprint density at radius 1 is 1.08 bits per heavy atom. The van der Waals surface area contributed by atoms with Crippen LogP contribution < -0.4 is 0 Å². The van der Waals surface area contributed by atoms with Gasteiger partial charge in [-0.2, -0.15) is 0 Å². The number of Topliss-reactive ketones (excluding diaryl/α,β-unsaturated/α-hetero) is 1. The molecule has 24 heavy (non-hydrogen) atoms. The lowest BCUT2D eigenvalue weighted by molar-refractivity contribution is -0.143. The smallest absolute Gasteiger partial charge is 0.306 e. The maximum atomic E-state index is 11.8. The van der Waals surface area contributed by atoms with E-state index in [-0.39, 0.29) is 24.1 Å². The number of esters is 1. The quantitative estimate of drug-likeness (QED) is 0.306. The monoisotopic (exact) mass is 337 g/mol. The highest BCUT2D eigenvalue weighted by molar-refractivity contribution is 6.04. The van der Waals surface area contributed by atoms with E-state index in [9.17, 15) is 9.59 Å². The van der Waals surface area contributed by atoms with Crippen LogP contribution in [0.2, 0.25) is 0 Å². The molecule has 1 atom stereocenters. The lowest BCUT2D eigenvalue weighted by Gasteiger charge is -2.21. The van der Waals surface area contributed by atoms with E-state index in [0.717, 1.165) is 18.8 Å². The molecule has 0 bridgehead atoms. The van der Waals surface area contributed by atoms with Crippen molar-refractivity contribution in [1.82, 2.24) is 0 Å². The lowest BCUT2D eigenvalue weighted by atomic mass is 9.86. The SMILES string of the molecule is CCC(=O)[C@@H](CC)C(=N)CCC(=O)OCCCCC1CCCCC1. The summed E-state index contributed by atoms with van der Waals surface area (Å²) in [6, 6.07) is 0. The molecule has 0 aromatic rings. The van der Waals surface area contributed by atoms with Crippen LogP contribution in [0.1, 0.15) is 90.9 Å². The molecule has 1 aliphatic rings. The number of carbonyl (C=O) groups is 2. The molecule has 0 radical (unpaired) electrons. The van der Waals surface area contributed by atoms with E-state index in [0.29, 0.717) is 31.6 Å². The van der Waals surface area contributed by atoms with Crippen LogP contribution in [0.25, 0.3) is 0 Å². The number of hydrogen-bond acceptors (Lipinski definition) is 4. The van der Waals surface area contributed by atoms with Gasteiger partial charge in [-0.25, -0.2) is 0 Å². The number of rotatable bonds is 12. The van der Waals surface area contributed by atoms with Gasteiger partial charge in [-0.15, -0.1) is 0 Å². The van der Waals surface area contributed by atoms with E-state index in [1.54, 1.807) is 0 Å². The number of carbonyl (C=O) groups excluding carboxylic acids is 2. The molecule has 1 aliphatic carbocycles. The number of ether oxygens (including phenoxy) is 1. The van der Waals surface area contributed by atoms with Gasteiger partial charge in [0.1, 0.15) is 5.78 Å². The van der Waals surface area contributed by atoms with Crippen LogP contribution in [0, 0.1) is 17.2 Å². The maximum absolute atomic E-state index is 11.8. The summed E-state index contributed by atoms with van der Waals surface area (Å²) >= 11 is 0. The van der Waals surface area contributed by atoms with Crippen molar-refractivity contribution in [3.05, 3.63) is 0 Å². The van der Waals surface area contributed by atoms with Crippen molar-refractivity contribution in [2.45, 2.75) is 90.9 Å². The third-order valence-electron chi connectivity index (χ3n) is 5.16. The molecule has 1 N–H and O–H groups in total. The van der Waals surface area contributed by atoms with Gasteiger partial charge in [-0.05, 0) is 31.6 Å². The first kappa shape index (κ1) is 20.9. The van der Waals surface area contributed by atoms with Gasteiger partial charge in [-0.1, -0.05) is 52.4 Å². The van der Waals surface area contributed by atoms with Crippen LogP contribution in [0.3, 0.4) is 0 Å². The van der Waals surface area contributed by atoms with Crippen molar-refractivity contribution >= 4 is 17.5 Å². The molecule has 1 saturated carbocycles. The van der Waals surface area contributed by atoms with Gasteiger partial charge in [0, 0.05) is 12.1 Å². The molecule has 0 aromatic carbocycles. The normalized spacial score (nSPS) is 16.6. The molecule has 0 aromatic heterocycles. The molecule has 0 heterocycles. The summed E-state index contributed by atoms with van der Waals surface area (Å²) in [7, 11) is 0. The van der Waals surface area contributed by atoms with Crippen molar-refractivity contribution in [1.29, 1.82) is 5.41 Å². The number of ketones is 1. The highest BCUT2D eigenvalue weighted by Gasteiger charge is 2.20. The summed E-state index contributed by atoms with van der Waals surface area (Å²) in [6.07, 6.45) is 11.9. The van der Waals surface area contributed by atoms with Crippen LogP contribution in [-0.4, -0.2) is 24.1 Å². The second-order valence-electron chi connectivity index (χ2n) is 7.03. The van der Waals surface area contributed by atoms with Crippen LogP contribution in [-0.2, 0) is 14.3 Å². The van der Waals surface area contributed by atoms with Crippen molar-refractivity contribution in [3.8, 4) is 0 Å². The van der Waals surface area contributed by atoms with Gasteiger partial charge in [0.05, 0.1) is 18.9 Å². The Hall–Kier alpha value is -1.19. The number of hydrogen-bond donors (Lipinski definition) is 1. The Bertz CT molecular complexity index is 400. The predicted octanol–water partition coefficient (Wildman–Crippen LogP) is 5.09. The molecule has 0 spiro atoms. The van der Waals surface area contributed by atoms with Crippen molar-refractivity contribution in [3.63, 3.8) is 0 Å². The number of nitrogens with one attached hydrogen (secondary N) is 1. The average Bonchev–Trinajstić information content (AvgIpc) is 2.61. The Kier molecular flexibility index (Phi) is 10.6. The van der Waals surface area contributed by atoms with E-state index < -0.39 is 0 Å². The first-order valence-corrected chi connectivity index (χ1v) is 9.84. The average molecular weight is 338 g/mol. The first-order chi connectivity index (χ1) is 11.6. The Morgan fingerprint density at radius 3 is 2.42 bits per heavy atom. The van der Waals surface area contributed by atoms with E-state index in [4.69, 9.17) is 10.1 Å². The van der Waals surface area contributed by atoms with Gasteiger partial charge >= 0.3 is 5.97 Å². The third-order valence-corrected chi connectivity index (χ3v) is 5.16. The molecule has 1 rings (SSSR count). The van der Waals surface area contributed by atoms with Gasteiger partial charge in [0.2, 0.25) is 0 Å². The van der Waals surface area contributed by atoms with E-state index in [1.165, 1.54) is 38.5 Å². The third kappa shape index (κ3) is 8.07. The molecule has 4 nitrogen and oxygen atoms in total. The summed E-state index contributed by atoms with van der Waals surface area (Å²) < 4.78 is 5.26. The Labute approximate surface area is 147 Å². The zero-order valence-electron chi connectivity index (χ0n) is 15.6. The number of unbranched alkanes of at least 4 members (excludes halogenated alkanes) is 1. The van der Waals surface area contributed by atoms with Crippen molar-refractivity contribution in [2.24, 2.45) is 11.8 Å². The van der Waals surface area contributed by atoms with Crippen molar-refractivity contribution < 1.29 is 14.3 Å². The second-order valence-corrected chi connectivity index (χ2v) is 7.03. The summed E-state index contributed by atoms with van der Waals surface area (Å²) in [5.74, 6) is 0.421. The minimum absolute atomic E-state index is 0.0959. The minimum atomic E-state index is -0.321. The maximum Gasteiger partial charge on any atom is 0.306 e. The van der Waals surface area contributed by atoms with Crippen LogP contribution in [0.4, 0.5) is 0 Å². The molecule has 138 valence electrons. The van der Waals surface area contributed by atoms with Gasteiger partial charge in [0.15, 0.2) is 0 Å². The topological polar surface area (TPSA) is 67.2 Å². The molecular weight excluding hydrogens is 302 g/mol. The molecule has 1 fully saturated rings. The Morgan fingerprint density at radius 2 is 1.79 bits per heavy atom. The standard InChI is InChI=1S/C20H35NO3/c1-3-17(19(22)4-2)18(21)13-14-20(23)24-15-9-8-12-16-10-6-5-7-11-16/h16-17,21H,3-15H2,1-2H3/t17-/m0/s1. The molecule has 0 unspecified atom stereocenters. The lowest BCUT2D eigenvalue weighted by Crippen LogP contribution is -2.23. The van der Waals surface area contributed by atoms with E-state index in [1.807, 2.05) is 13.8 Å². The summed E-state index contributed by atoms with van der Waals surface area (Å²) in [6.45, 7) is 4.22. The minimum Gasteiger partial charge on any atom is -0.466 e. The Balaban J connectivity index is 2.08. The molecule has 4 heteroatoms. The van der Waals surface area contributed by atoms with Crippen molar-refractivity contribution in [2.75, 3.05) is 6.61 Å². The van der Waals surface area contributed by atoms with Crippen LogP contribution in [0.5, 0.6) is 0 Å². The summed E-state index contributed by atoms with van der Waals surface area (Å²) in [5, 5.41) is 8.00. The summed E-state index contributed by atoms with van der Waals surface area (Å²) in [4.78, 5) is 23.5.